The molecule has 0 radical (unpaired) electrons. The minimum atomic E-state index is -0.837. The van der Waals surface area contributed by atoms with Crippen molar-refractivity contribution in [1.29, 1.82) is 0 Å². The average molecular weight is 297 g/mol. The molecule has 6 nitrogen and oxygen atoms in total. The summed E-state index contributed by atoms with van der Waals surface area (Å²) >= 11 is 1.59. The summed E-state index contributed by atoms with van der Waals surface area (Å²) in [6.45, 7) is 3.08. The van der Waals surface area contributed by atoms with Crippen molar-refractivity contribution in [3.63, 3.8) is 0 Å². The number of thiazole rings is 1. The van der Waals surface area contributed by atoms with Gasteiger partial charge in [-0.05, 0) is 26.2 Å². The molecule has 1 aliphatic heterocycles. The van der Waals surface area contributed by atoms with Gasteiger partial charge in [-0.1, -0.05) is 0 Å². The molecule has 7 heteroatoms. The fourth-order valence-corrected chi connectivity index (χ4v) is 3.05. The van der Waals surface area contributed by atoms with E-state index in [0.717, 1.165) is 30.1 Å². The van der Waals surface area contributed by atoms with Crippen LogP contribution in [0.3, 0.4) is 0 Å². The molecule has 1 atom stereocenters. The zero-order valence-corrected chi connectivity index (χ0v) is 12.3. The van der Waals surface area contributed by atoms with Crippen LogP contribution in [0.5, 0.6) is 0 Å². The maximum atomic E-state index is 12.1. The Bertz CT molecular complexity index is 489. The molecule has 1 aromatic rings. The molecular formula is C13H19N3O3S. The predicted octanol–water partition coefficient (Wildman–Crippen LogP) is 2.16. The second kappa shape index (κ2) is 6.69. The van der Waals surface area contributed by atoms with Gasteiger partial charge in [0.15, 0.2) is 0 Å². The fourth-order valence-electron chi connectivity index (χ4n) is 2.39. The van der Waals surface area contributed by atoms with E-state index in [1.165, 1.54) is 0 Å². The number of carbonyl (C=O) groups is 2. The van der Waals surface area contributed by atoms with Crippen LogP contribution in [0.2, 0.25) is 0 Å². The highest BCUT2D eigenvalue weighted by Crippen LogP contribution is 2.32. The first-order valence-electron chi connectivity index (χ1n) is 6.76. The van der Waals surface area contributed by atoms with Gasteiger partial charge in [-0.15, -0.1) is 11.3 Å². The number of rotatable bonds is 5. The van der Waals surface area contributed by atoms with E-state index in [-0.39, 0.29) is 18.5 Å². The number of amides is 2. The van der Waals surface area contributed by atoms with Gasteiger partial charge in [-0.2, -0.15) is 0 Å². The lowest BCUT2D eigenvalue weighted by Gasteiger charge is -2.23. The number of aliphatic carboxylic acids is 1. The first-order chi connectivity index (χ1) is 9.58. The van der Waals surface area contributed by atoms with Crippen molar-refractivity contribution < 1.29 is 14.7 Å². The predicted molar refractivity (Wildman–Crippen MR) is 75.8 cm³/mol. The number of aryl methyl sites for hydroxylation is 1. The van der Waals surface area contributed by atoms with Gasteiger partial charge >= 0.3 is 12.0 Å². The molecule has 2 amide bonds. The minimum Gasteiger partial charge on any atom is -0.481 e. The standard InChI is InChI=1S/C13H19N3O3S/c1-9-15-10(8-20-9)11-4-3-7-16(11)13(19)14-6-2-5-12(17)18/h8,11H,2-7H2,1H3,(H,14,19)(H,17,18). The van der Waals surface area contributed by atoms with Crippen molar-refractivity contribution in [2.24, 2.45) is 0 Å². The summed E-state index contributed by atoms with van der Waals surface area (Å²) in [5, 5.41) is 14.4. The number of hydrogen-bond acceptors (Lipinski definition) is 4. The summed E-state index contributed by atoms with van der Waals surface area (Å²) in [7, 11) is 0. The summed E-state index contributed by atoms with van der Waals surface area (Å²) in [6, 6.07) is -0.0667. The van der Waals surface area contributed by atoms with Gasteiger partial charge in [0.25, 0.3) is 0 Å². The number of aromatic nitrogens is 1. The molecule has 110 valence electrons. The zero-order chi connectivity index (χ0) is 14.5. The lowest BCUT2D eigenvalue weighted by atomic mass is 10.2. The molecule has 1 aliphatic rings. The van der Waals surface area contributed by atoms with Crippen molar-refractivity contribution >= 4 is 23.3 Å². The van der Waals surface area contributed by atoms with Crippen LogP contribution in [-0.2, 0) is 4.79 Å². The number of urea groups is 1. The number of nitrogens with one attached hydrogen (secondary N) is 1. The highest BCUT2D eigenvalue weighted by molar-refractivity contribution is 7.09. The van der Waals surface area contributed by atoms with E-state index < -0.39 is 5.97 Å². The van der Waals surface area contributed by atoms with Crippen LogP contribution in [0, 0.1) is 6.92 Å². The highest BCUT2D eigenvalue weighted by atomic mass is 32.1. The van der Waals surface area contributed by atoms with E-state index in [2.05, 4.69) is 10.3 Å². The highest BCUT2D eigenvalue weighted by Gasteiger charge is 2.31. The summed E-state index contributed by atoms with van der Waals surface area (Å²) < 4.78 is 0. The van der Waals surface area contributed by atoms with Gasteiger partial charge in [0.05, 0.1) is 16.7 Å². The van der Waals surface area contributed by atoms with Crippen LogP contribution in [0.1, 0.15) is 42.4 Å². The molecular weight excluding hydrogens is 278 g/mol. The summed E-state index contributed by atoms with van der Waals surface area (Å²) in [4.78, 5) is 28.8. The van der Waals surface area contributed by atoms with E-state index in [4.69, 9.17) is 5.11 Å². The normalized spacial score (nSPS) is 18.2. The Balaban J connectivity index is 1.87. The zero-order valence-electron chi connectivity index (χ0n) is 11.5. The monoisotopic (exact) mass is 297 g/mol. The van der Waals surface area contributed by atoms with Crippen LogP contribution in [-0.4, -0.2) is 40.1 Å². The summed E-state index contributed by atoms with van der Waals surface area (Å²) in [5.74, 6) is -0.837. The number of carboxylic acid groups (broad SMARTS) is 1. The lowest BCUT2D eigenvalue weighted by Crippen LogP contribution is -2.40. The maximum Gasteiger partial charge on any atom is 0.317 e. The Morgan fingerprint density at radius 2 is 2.40 bits per heavy atom. The quantitative estimate of drug-likeness (QED) is 0.816. The lowest BCUT2D eigenvalue weighted by molar-refractivity contribution is -0.137. The molecule has 1 fully saturated rings. The topological polar surface area (TPSA) is 82.5 Å². The molecule has 20 heavy (non-hydrogen) atoms. The second-order valence-corrected chi connectivity index (χ2v) is 5.93. The third-order valence-electron chi connectivity index (χ3n) is 3.34. The Morgan fingerprint density at radius 3 is 3.05 bits per heavy atom. The van der Waals surface area contributed by atoms with Gasteiger partial charge in [-0.3, -0.25) is 4.79 Å². The van der Waals surface area contributed by atoms with Crippen LogP contribution in [0.25, 0.3) is 0 Å². The van der Waals surface area contributed by atoms with Gasteiger partial charge in [0.1, 0.15) is 0 Å². The van der Waals surface area contributed by atoms with Gasteiger partial charge in [0.2, 0.25) is 0 Å². The van der Waals surface area contributed by atoms with Crippen LogP contribution in [0.4, 0.5) is 4.79 Å². The number of hydrogen-bond donors (Lipinski definition) is 2. The molecule has 0 bridgehead atoms. The molecule has 2 rings (SSSR count). The number of carboxylic acids is 1. The van der Waals surface area contributed by atoms with Gasteiger partial charge in [-0.25, -0.2) is 9.78 Å². The van der Waals surface area contributed by atoms with E-state index in [1.807, 2.05) is 12.3 Å². The number of nitrogens with zero attached hydrogens (tertiary/aromatic N) is 2. The SMILES string of the molecule is Cc1nc(C2CCCN2C(=O)NCCCC(=O)O)cs1. The summed E-state index contributed by atoms with van der Waals surface area (Å²) in [5.41, 5.74) is 0.964. The van der Waals surface area contributed by atoms with E-state index >= 15 is 0 Å². The van der Waals surface area contributed by atoms with E-state index in [1.54, 1.807) is 16.2 Å². The molecule has 1 saturated heterocycles. The first-order valence-corrected chi connectivity index (χ1v) is 7.64. The molecule has 0 spiro atoms. The van der Waals surface area contributed by atoms with E-state index in [0.29, 0.717) is 13.0 Å². The van der Waals surface area contributed by atoms with Crippen molar-refractivity contribution in [1.82, 2.24) is 15.2 Å². The molecule has 1 aromatic heterocycles. The van der Waals surface area contributed by atoms with Crippen molar-refractivity contribution in [3.05, 3.63) is 16.1 Å². The van der Waals surface area contributed by atoms with Gasteiger partial charge < -0.3 is 15.3 Å². The Morgan fingerprint density at radius 1 is 1.60 bits per heavy atom. The Kier molecular flexibility index (Phi) is 4.94. The van der Waals surface area contributed by atoms with Crippen LogP contribution in [0.15, 0.2) is 5.38 Å². The average Bonchev–Trinajstić information content (AvgIpc) is 3.02. The first kappa shape index (κ1) is 14.8. The Labute approximate surface area is 121 Å². The van der Waals surface area contributed by atoms with Crippen molar-refractivity contribution in [3.8, 4) is 0 Å². The largest absolute Gasteiger partial charge is 0.481 e. The fraction of sp³-hybridized carbons (Fsp3) is 0.615. The minimum absolute atomic E-state index is 0.0550. The Hall–Kier alpha value is -1.63. The molecule has 2 N–H and O–H groups in total. The molecule has 1 unspecified atom stereocenters. The molecule has 0 aromatic carbocycles. The van der Waals surface area contributed by atoms with E-state index in [9.17, 15) is 9.59 Å². The molecule has 0 saturated carbocycles. The van der Waals surface area contributed by atoms with Crippen molar-refractivity contribution in [2.45, 2.75) is 38.6 Å². The van der Waals surface area contributed by atoms with Crippen LogP contribution < -0.4 is 5.32 Å². The number of carbonyl (C=O) groups excluding carboxylic acids is 1. The third kappa shape index (κ3) is 3.69. The smallest absolute Gasteiger partial charge is 0.317 e. The third-order valence-corrected chi connectivity index (χ3v) is 4.13. The molecule has 0 aliphatic carbocycles. The van der Waals surface area contributed by atoms with Gasteiger partial charge in [0, 0.05) is 24.9 Å². The molecule has 2 heterocycles. The maximum absolute atomic E-state index is 12.1. The van der Waals surface area contributed by atoms with Crippen LogP contribution >= 0.6 is 11.3 Å². The van der Waals surface area contributed by atoms with Crippen molar-refractivity contribution in [2.75, 3.05) is 13.1 Å². The number of likely N-dealkylation sites (tertiary alicyclic amines) is 1. The second-order valence-electron chi connectivity index (χ2n) is 4.87. The summed E-state index contributed by atoms with van der Waals surface area (Å²) in [6.07, 6.45) is 2.44.